The summed E-state index contributed by atoms with van der Waals surface area (Å²) >= 11 is 1.76. The van der Waals surface area contributed by atoms with Crippen molar-refractivity contribution in [2.24, 2.45) is 10.9 Å². The number of pyridine rings is 1. The molecule has 0 amide bonds. The highest BCUT2D eigenvalue weighted by atomic mass is 127. The summed E-state index contributed by atoms with van der Waals surface area (Å²) in [5.74, 6) is 2.23. The van der Waals surface area contributed by atoms with E-state index in [1.54, 1.807) is 18.4 Å². The van der Waals surface area contributed by atoms with Crippen LogP contribution in [0.5, 0.6) is 5.88 Å². The topological polar surface area (TPSA) is 71.4 Å². The first-order chi connectivity index (χ1) is 12.6. The number of hydrogen-bond donors (Lipinski definition) is 2. The van der Waals surface area contributed by atoms with E-state index in [-0.39, 0.29) is 24.0 Å². The van der Waals surface area contributed by atoms with Crippen molar-refractivity contribution in [3.63, 3.8) is 0 Å². The Labute approximate surface area is 182 Å². The fourth-order valence-electron chi connectivity index (χ4n) is 2.43. The Hall–Kier alpha value is -1.42. The molecule has 27 heavy (non-hydrogen) atoms. The standard InChI is InChI=1S/C19H27N5OS.HI/c1-13-14(2)26-18(24-13)8-9-21-19(20-3)23-11-16-6-7-17(22-10-16)25-12-15-4-5-15;/h6-7,10,15H,4-5,8-9,11-12H2,1-3H3,(H2,20,21,23);1H. The Morgan fingerprint density at radius 3 is 2.70 bits per heavy atom. The third-order valence-electron chi connectivity index (χ3n) is 4.35. The monoisotopic (exact) mass is 501 g/mol. The first-order valence-electron chi connectivity index (χ1n) is 9.09. The Kier molecular flexibility index (Phi) is 8.75. The summed E-state index contributed by atoms with van der Waals surface area (Å²) in [4.78, 5) is 14.5. The fourth-order valence-corrected chi connectivity index (χ4v) is 3.36. The first-order valence-corrected chi connectivity index (χ1v) is 9.91. The van der Waals surface area contributed by atoms with Crippen LogP contribution >= 0.6 is 35.3 Å². The van der Waals surface area contributed by atoms with Crippen molar-refractivity contribution in [2.75, 3.05) is 20.2 Å². The number of aliphatic imine (C=N–C) groups is 1. The van der Waals surface area contributed by atoms with Crippen LogP contribution in [0.15, 0.2) is 23.3 Å². The van der Waals surface area contributed by atoms with Gasteiger partial charge in [0.1, 0.15) is 0 Å². The van der Waals surface area contributed by atoms with E-state index >= 15 is 0 Å². The molecule has 0 spiro atoms. The van der Waals surface area contributed by atoms with Gasteiger partial charge in [-0.2, -0.15) is 0 Å². The number of thiazole rings is 1. The summed E-state index contributed by atoms with van der Waals surface area (Å²) in [6.45, 7) is 6.43. The van der Waals surface area contributed by atoms with Crippen molar-refractivity contribution in [3.8, 4) is 5.88 Å². The molecule has 0 unspecified atom stereocenters. The van der Waals surface area contributed by atoms with Gasteiger partial charge in [0.15, 0.2) is 5.96 Å². The molecule has 0 aromatic carbocycles. The normalized spacial score (nSPS) is 13.8. The van der Waals surface area contributed by atoms with Gasteiger partial charge in [0, 0.05) is 43.7 Å². The van der Waals surface area contributed by atoms with Crippen molar-refractivity contribution >= 4 is 41.3 Å². The van der Waals surface area contributed by atoms with E-state index in [2.05, 4.69) is 39.4 Å². The molecule has 2 N–H and O–H groups in total. The molecular weight excluding hydrogens is 473 g/mol. The minimum atomic E-state index is 0. The van der Waals surface area contributed by atoms with E-state index in [1.165, 1.54) is 17.7 Å². The van der Waals surface area contributed by atoms with E-state index in [1.807, 2.05) is 18.3 Å². The van der Waals surface area contributed by atoms with Crippen LogP contribution in [0.4, 0.5) is 0 Å². The highest BCUT2D eigenvalue weighted by Crippen LogP contribution is 2.29. The lowest BCUT2D eigenvalue weighted by atomic mass is 10.3. The third-order valence-corrected chi connectivity index (χ3v) is 5.48. The number of aryl methyl sites for hydroxylation is 2. The number of halogens is 1. The van der Waals surface area contributed by atoms with Crippen molar-refractivity contribution in [2.45, 2.75) is 39.7 Å². The number of hydrogen-bond acceptors (Lipinski definition) is 5. The molecule has 8 heteroatoms. The summed E-state index contributed by atoms with van der Waals surface area (Å²) in [6.07, 6.45) is 5.32. The molecule has 0 saturated heterocycles. The highest BCUT2D eigenvalue weighted by molar-refractivity contribution is 14.0. The van der Waals surface area contributed by atoms with Gasteiger partial charge >= 0.3 is 0 Å². The van der Waals surface area contributed by atoms with Gasteiger partial charge in [-0.05, 0) is 38.2 Å². The van der Waals surface area contributed by atoms with Crippen LogP contribution in [-0.2, 0) is 13.0 Å². The van der Waals surface area contributed by atoms with Crippen molar-refractivity contribution in [1.82, 2.24) is 20.6 Å². The predicted octanol–water partition coefficient (Wildman–Crippen LogP) is 3.47. The highest BCUT2D eigenvalue weighted by Gasteiger charge is 2.22. The molecule has 2 aromatic rings. The van der Waals surface area contributed by atoms with E-state index < -0.39 is 0 Å². The van der Waals surface area contributed by atoms with Crippen LogP contribution in [0.2, 0.25) is 0 Å². The Balaban J connectivity index is 0.00000261. The zero-order valence-electron chi connectivity index (χ0n) is 16.1. The lowest BCUT2D eigenvalue weighted by Gasteiger charge is -2.11. The predicted molar refractivity (Wildman–Crippen MR) is 121 cm³/mol. The maximum atomic E-state index is 5.66. The van der Waals surface area contributed by atoms with Crippen molar-refractivity contribution in [3.05, 3.63) is 39.5 Å². The average molecular weight is 501 g/mol. The quantitative estimate of drug-likeness (QED) is 0.330. The fraction of sp³-hybridized carbons (Fsp3) is 0.526. The molecule has 0 atom stereocenters. The van der Waals surface area contributed by atoms with Gasteiger partial charge in [-0.3, -0.25) is 4.99 Å². The zero-order valence-corrected chi connectivity index (χ0v) is 19.3. The number of guanidine groups is 1. The molecule has 1 saturated carbocycles. The number of aromatic nitrogens is 2. The van der Waals surface area contributed by atoms with Gasteiger partial charge in [-0.15, -0.1) is 35.3 Å². The summed E-state index contributed by atoms with van der Waals surface area (Å²) < 4.78 is 5.66. The van der Waals surface area contributed by atoms with Crippen LogP contribution in [0, 0.1) is 19.8 Å². The number of ether oxygens (including phenoxy) is 1. The van der Waals surface area contributed by atoms with E-state index in [9.17, 15) is 0 Å². The van der Waals surface area contributed by atoms with Gasteiger partial charge in [0.2, 0.25) is 5.88 Å². The largest absolute Gasteiger partial charge is 0.477 e. The number of rotatable bonds is 8. The summed E-state index contributed by atoms with van der Waals surface area (Å²) in [6, 6.07) is 3.97. The molecule has 1 fully saturated rings. The van der Waals surface area contributed by atoms with Gasteiger partial charge < -0.3 is 15.4 Å². The minimum absolute atomic E-state index is 0. The maximum absolute atomic E-state index is 5.66. The van der Waals surface area contributed by atoms with Crippen molar-refractivity contribution < 1.29 is 4.74 Å². The van der Waals surface area contributed by atoms with E-state index in [0.29, 0.717) is 12.4 Å². The molecular formula is C19H28IN5OS. The van der Waals surface area contributed by atoms with Gasteiger partial charge in [0.25, 0.3) is 0 Å². The average Bonchev–Trinajstić information content (AvgIpc) is 3.42. The second-order valence-electron chi connectivity index (χ2n) is 6.61. The van der Waals surface area contributed by atoms with E-state index in [0.717, 1.165) is 47.7 Å². The minimum Gasteiger partial charge on any atom is -0.477 e. The first kappa shape index (κ1) is 21.9. The summed E-state index contributed by atoms with van der Waals surface area (Å²) in [5, 5.41) is 7.80. The molecule has 148 valence electrons. The van der Waals surface area contributed by atoms with Gasteiger partial charge in [0.05, 0.1) is 17.3 Å². The Morgan fingerprint density at radius 2 is 2.11 bits per heavy atom. The molecule has 3 rings (SSSR count). The second-order valence-corrected chi connectivity index (χ2v) is 7.90. The third kappa shape index (κ3) is 7.25. The van der Waals surface area contributed by atoms with Crippen LogP contribution in [0.3, 0.4) is 0 Å². The number of nitrogens with one attached hydrogen (secondary N) is 2. The van der Waals surface area contributed by atoms with Crippen molar-refractivity contribution in [1.29, 1.82) is 0 Å². The molecule has 0 radical (unpaired) electrons. The lowest BCUT2D eigenvalue weighted by molar-refractivity contribution is 0.288. The Morgan fingerprint density at radius 1 is 1.30 bits per heavy atom. The number of nitrogens with zero attached hydrogens (tertiary/aromatic N) is 3. The van der Waals surface area contributed by atoms with Crippen LogP contribution in [0.1, 0.15) is 34.0 Å². The van der Waals surface area contributed by atoms with Crippen LogP contribution < -0.4 is 15.4 Å². The lowest BCUT2D eigenvalue weighted by Crippen LogP contribution is -2.37. The van der Waals surface area contributed by atoms with Gasteiger partial charge in [-0.1, -0.05) is 6.07 Å². The summed E-state index contributed by atoms with van der Waals surface area (Å²) in [5.41, 5.74) is 2.22. The van der Waals surface area contributed by atoms with Crippen LogP contribution in [0.25, 0.3) is 0 Å². The smallest absolute Gasteiger partial charge is 0.213 e. The summed E-state index contributed by atoms with van der Waals surface area (Å²) in [7, 11) is 1.78. The Bertz CT molecular complexity index is 724. The molecule has 2 heterocycles. The SMILES string of the molecule is CN=C(NCCc1nc(C)c(C)s1)NCc1ccc(OCC2CC2)nc1.I. The molecule has 0 aliphatic heterocycles. The van der Waals surface area contributed by atoms with Crippen LogP contribution in [-0.4, -0.2) is 36.1 Å². The van der Waals surface area contributed by atoms with Gasteiger partial charge in [-0.25, -0.2) is 9.97 Å². The van der Waals surface area contributed by atoms with E-state index in [4.69, 9.17) is 4.74 Å². The molecule has 0 bridgehead atoms. The second kappa shape index (κ2) is 10.8. The molecule has 2 aromatic heterocycles. The zero-order chi connectivity index (χ0) is 18.4. The molecule has 1 aliphatic carbocycles. The molecule has 1 aliphatic rings. The molecule has 6 nitrogen and oxygen atoms in total. The maximum Gasteiger partial charge on any atom is 0.213 e.